The Balaban J connectivity index is 1.51. The van der Waals surface area contributed by atoms with E-state index in [1.807, 2.05) is 55.5 Å². The molecule has 0 atom stereocenters. The largest absolute Gasteiger partial charge is 0.490 e. The molecule has 4 rings (SSSR count). The van der Waals surface area contributed by atoms with Gasteiger partial charge in [0.25, 0.3) is 5.91 Å². The molecule has 4 aromatic rings. The number of hydrogen-bond donors (Lipinski definition) is 1. The molecule has 0 spiro atoms. The van der Waals surface area contributed by atoms with E-state index in [4.69, 9.17) is 9.47 Å². The molecule has 1 amide bonds. The summed E-state index contributed by atoms with van der Waals surface area (Å²) in [5.41, 5.74) is 5.02. The van der Waals surface area contributed by atoms with Gasteiger partial charge in [-0.05, 0) is 75.7 Å². The second-order valence-electron chi connectivity index (χ2n) is 7.26. The van der Waals surface area contributed by atoms with Crippen molar-refractivity contribution in [2.24, 2.45) is 5.10 Å². The zero-order valence-electron chi connectivity index (χ0n) is 18.1. The van der Waals surface area contributed by atoms with Gasteiger partial charge in [-0.1, -0.05) is 60.7 Å². The number of hydrogen-bond acceptors (Lipinski definition) is 4. The summed E-state index contributed by atoms with van der Waals surface area (Å²) in [6.45, 7) is 2.87. The third-order valence-corrected chi connectivity index (χ3v) is 5.80. The van der Waals surface area contributed by atoms with Crippen LogP contribution in [-0.4, -0.2) is 18.7 Å². The van der Waals surface area contributed by atoms with Crippen LogP contribution in [-0.2, 0) is 6.61 Å². The molecule has 5 nitrogen and oxygen atoms in total. The van der Waals surface area contributed by atoms with E-state index in [1.54, 1.807) is 18.3 Å². The molecule has 0 radical (unpaired) electrons. The number of carbonyl (C=O) groups is 1. The normalized spacial score (nSPS) is 11.0. The molecular weight excluding hydrogens is 527 g/mol. The summed E-state index contributed by atoms with van der Waals surface area (Å²) in [6.07, 6.45) is 1.60. The summed E-state index contributed by atoms with van der Waals surface area (Å²) in [5, 5.41) is 6.45. The number of amides is 1. The van der Waals surface area contributed by atoms with Gasteiger partial charge in [-0.25, -0.2) is 5.43 Å². The van der Waals surface area contributed by atoms with Crippen LogP contribution in [0.3, 0.4) is 0 Å². The van der Waals surface area contributed by atoms with E-state index in [9.17, 15) is 4.79 Å². The number of hydrazone groups is 1. The summed E-state index contributed by atoms with van der Waals surface area (Å²) >= 11 is 2.23. The first-order valence-corrected chi connectivity index (χ1v) is 11.7. The molecule has 0 aliphatic carbocycles. The average Bonchev–Trinajstić information content (AvgIpc) is 2.84. The Morgan fingerprint density at radius 1 is 0.970 bits per heavy atom. The molecule has 0 aliphatic rings. The Hall–Kier alpha value is -3.39. The van der Waals surface area contributed by atoms with E-state index in [0.29, 0.717) is 30.3 Å². The van der Waals surface area contributed by atoms with Crippen LogP contribution in [0.2, 0.25) is 0 Å². The second kappa shape index (κ2) is 11.0. The zero-order valence-corrected chi connectivity index (χ0v) is 20.3. The molecule has 33 heavy (non-hydrogen) atoms. The standard InChI is InChI=1S/C27H23IN2O3/c1-2-32-25-16-19(17-29-30-27(31)21-10-4-3-5-11-21)15-24(28)26(25)33-18-22-13-8-12-20-9-6-7-14-23(20)22/h3-17H,2,18H2,1H3,(H,30,31)/b29-17-. The molecule has 0 heterocycles. The molecule has 0 bridgehead atoms. The van der Waals surface area contributed by atoms with Crippen LogP contribution in [0.1, 0.15) is 28.4 Å². The highest BCUT2D eigenvalue weighted by atomic mass is 127. The van der Waals surface area contributed by atoms with Gasteiger partial charge in [0.05, 0.1) is 16.4 Å². The van der Waals surface area contributed by atoms with Crippen molar-refractivity contribution in [3.63, 3.8) is 0 Å². The van der Waals surface area contributed by atoms with E-state index in [1.165, 1.54) is 10.8 Å². The average molecular weight is 550 g/mol. The van der Waals surface area contributed by atoms with E-state index in [0.717, 1.165) is 14.7 Å². The number of nitrogens with zero attached hydrogens (tertiary/aromatic N) is 1. The lowest BCUT2D eigenvalue weighted by Crippen LogP contribution is -2.17. The highest BCUT2D eigenvalue weighted by Crippen LogP contribution is 2.35. The Bertz CT molecular complexity index is 1280. The van der Waals surface area contributed by atoms with Crippen molar-refractivity contribution in [3.05, 3.63) is 105 Å². The SMILES string of the molecule is CCOc1cc(/C=N\NC(=O)c2ccccc2)cc(I)c1OCc1cccc2ccccc12. The van der Waals surface area contributed by atoms with Crippen LogP contribution in [0.15, 0.2) is 90.0 Å². The molecule has 4 aromatic carbocycles. The van der Waals surface area contributed by atoms with Crippen LogP contribution >= 0.6 is 22.6 Å². The van der Waals surface area contributed by atoms with Crippen molar-refractivity contribution >= 4 is 45.5 Å². The molecular formula is C27H23IN2O3. The topological polar surface area (TPSA) is 59.9 Å². The fraction of sp³-hybridized carbons (Fsp3) is 0.111. The highest BCUT2D eigenvalue weighted by Gasteiger charge is 2.13. The van der Waals surface area contributed by atoms with Crippen LogP contribution in [0.4, 0.5) is 0 Å². The van der Waals surface area contributed by atoms with Gasteiger partial charge in [0.2, 0.25) is 0 Å². The monoisotopic (exact) mass is 550 g/mol. The van der Waals surface area contributed by atoms with E-state index in [2.05, 4.69) is 57.4 Å². The molecule has 0 fully saturated rings. The van der Waals surface area contributed by atoms with Crippen molar-refractivity contribution in [1.29, 1.82) is 0 Å². The summed E-state index contributed by atoms with van der Waals surface area (Å²) in [7, 11) is 0. The Morgan fingerprint density at radius 3 is 2.55 bits per heavy atom. The molecule has 0 saturated heterocycles. The van der Waals surface area contributed by atoms with Crippen molar-refractivity contribution < 1.29 is 14.3 Å². The minimum atomic E-state index is -0.262. The molecule has 166 valence electrons. The number of nitrogens with one attached hydrogen (secondary N) is 1. The predicted octanol–water partition coefficient (Wildman–Crippen LogP) is 6.19. The number of halogens is 1. The number of benzene rings is 4. The predicted molar refractivity (Wildman–Crippen MR) is 140 cm³/mol. The summed E-state index contributed by atoms with van der Waals surface area (Å²) in [4.78, 5) is 12.2. The van der Waals surface area contributed by atoms with Gasteiger partial charge >= 0.3 is 0 Å². The molecule has 0 saturated carbocycles. The highest BCUT2D eigenvalue weighted by molar-refractivity contribution is 14.1. The van der Waals surface area contributed by atoms with Crippen LogP contribution in [0, 0.1) is 3.57 Å². The fourth-order valence-corrected chi connectivity index (χ4v) is 4.23. The first kappa shape index (κ1) is 22.8. The van der Waals surface area contributed by atoms with Gasteiger partial charge in [-0.3, -0.25) is 4.79 Å². The number of carbonyl (C=O) groups excluding carboxylic acids is 1. The summed E-state index contributed by atoms with van der Waals surface area (Å²) < 4.78 is 13.0. The maximum atomic E-state index is 12.2. The minimum absolute atomic E-state index is 0.262. The van der Waals surface area contributed by atoms with Crippen LogP contribution in [0.25, 0.3) is 10.8 Å². The van der Waals surface area contributed by atoms with Gasteiger partial charge in [0, 0.05) is 5.56 Å². The van der Waals surface area contributed by atoms with Crippen molar-refractivity contribution in [2.45, 2.75) is 13.5 Å². The van der Waals surface area contributed by atoms with Gasteiger partial charge in [-0.2, -0.15) is 5.10 Å². The van der Waals surface area contributed by atoms with Gasteiger partial charge < -0.3 is 9.47 Å². The van der Waals surface area contributed by atoms with Crippen molar-refractivity contribution in [2.75, 3.05) is 6.61 Å². The quantitative estimate of drug-likeness (QED) is 0.162. The van der Waals surface area contributed by atoms with Crippen LogP contribution in [0.5, 0.6) is 11.5 Å². The molecule has 0 unspecified atom stereocenters. The molecule has 1 N–H and O–H groups in total. The van der Waals surface area contributed by atoms with Crippen molar-refractivity contribution in [3.8, 4) is 11.5 Å². The van der Waals surface area contributed by atoms with E-state index >= 15 is 0 Å². The van der Waals surface area contributed by atoms with Gasteiger partial charge in [0.15, 0.2) is 11.5 Å². The third-order valence-electron chi connectivity index (χ3n) is 5.00. The van der Waals surface area contributed by atoms with Gasteiger partial charge in [0.1, 0.15) is 6.61 Å². The minimum Gasteiger partial charge on any atom is -0.490 e. The number of fused-ring (bicyclic) bond motifs is 1. The summed E-state index contributed by atoms with van der Waals surface area (Å²) in [6, 6.07) is 27.2. The Kier molecular flexibility index (Phi) is 7.57. The smallest absolute Gasteiger partial charge is 0.271 e. The zero-order chi connectivity index (χ0) is 23.0. The first-order chi connectivity index (χ1) is 16.2. The number of ether oxygens (including phenoxy) is 2. The fourth-order valence-electron chi connectivity index (χ4n) is 3.45. The van der Waals surface area contributed by atoms with E-state index in [-0.39, 0.29) is 5.91 Å². The lowest BCUT2D eigenvalue weighted by molar-refractivity contribution is 0.0955. The van der Waals surface area contributed by atoms with Crippen LogP contribution < -0.4 is 14.9 Å². The lowest BCUT2D eigenvalue weighted by atomic mass is 10.1. The first-order valence-electron chi connectivity index (χ1n) is 10.6. The molecule has 0 aromatic heterocycles. The second-order valence-corrected chi connectivity index (χ2v) is 8.42. The van der Waals surface area contributed by atoms with E-state index < -0.39 is 0 Å². The number of rotatable bonds is 8. The lowest BCUT2D eigenvalue weighted by Gasteiger charge is -2.15. The Labute approximate surface area is 206 Å². The van der Waals surface area contributed by atoms with Crippen molar-refractivity contribution in [1.82, 2.24) is 5.43 Å². The summed E-state index contributed by atoms with van der Waals surface area (Å²) in [5.74, 6) is 1.07. The molecule has 0 aliphatic heterocycles. The maximum absolute atomic E-state index is 12.2. The molecule has 6 heteroatoms. The van der Waals surface area contributed by atoms with Gasteiger partial charge in [-0.15, -0.1) is 0 Å². The Morgan fingerprint density at radius 2 is 1.73 bits per heavy atom. The maximum Gasteiger partial charge on any atom is 0.271 e. The third kappa shape index (κ3) is 5.70.